The van der Waals surface area contributed by atoms with Gasteiger partial charge in [0.15, 0.2) is 0 Å². The number of allylic oxidation sites excluding steroid dienone is 24. The molecule has 0 nitrogen and oxygen atoms in total. The first-order chi connectivity index (χ1) is 14.9. The Morgan fingerprint density at radius 1 is 0.567 bits per heavy atom. The van der Waals surface area contributed by atoms with E-state index in [1.807, 2.05) is 0 Å². The Kier molecular flexibility index (Phi) is 4.30. The predicted octanol–water partition coefficient (Wildman–Crippen LogP) is 7.64. The third-order valence-electron chi connectivity index (χ3n) is 6.89. The van der Waals surface area contributed by atoms with Crippen LogP contribution in [0.3, 0.4) is 0 Å². The molecule has 0 aromatic heterocycles. The molecule has 0 saturated carbocycles. The van der Waals surface area contributed by atoms with Gasteiger partial charge in [-0.1, -0.05) is 91.1 Å². The number of rotatable bonds is 5. The molecule has 6 aliphatic rings. The van der Waals surface area contributed by atoms with Crippen molar-refractivity contribution in [2.75, 3.05) is 0 Å². The zero-order chi connectivity index (χ0) is 19.9. The summed E-state index contributed by atoms with van der Waals surface area (Å²) in [5.74, 6) is 0.336. The summed E-state index contributed by atoms with van der Waals surface area (Å²) in [6.07, 6.45) is 40.1. The molecule has 0 radical (unpaired) electrons. The highest BCUT2D eigenvalue weighted by molar-refractivity contribution is 5.78. The second-order valence-electron chi connectivity index (χ2n) is 8.62. The van der Waals surface area contributed by atoms with Crippen LogP contribution in [0.1, 0.15) is 32.1 Å². The quantitative estimate of drug-likeness (QED) is 0.455. The molecule has 1 unspecified atom stereocenters. The second-order valence-corrected chi connectivity index (χ2v) is 8.62. The van der Waals surface area contributed by atoms with Crippen LogP contribution < -0.4 is 0 Å². The summed E-state index contributed by atoms with van der Waals surface area (Å²) in [6.45, 7) is 0. The van der Waals surface area contributed by atoms with E-state index in [9.17, 15) is 0 Å². The summed E-state index contributed by atoms with van der Waals surface area (Å²) in [7, 11) is 0. The van der Waals surface area contributed by atoms with Crippen molar-refractivity contribution < 1.29 is 0 Å². The van der Waals surface area contributed by atoms with Crippen LogP contribution in [-0.2, 0) is 0 Å². The second kappa shape index (κ2) is 7.29. The zero-order valence-corrected chi connectivity index (χ0v) is 17.3. The van der Waals surface area contributed by atoms with Gasteiger partial charge in [0.1, 0.15) is 0 Å². The van der Waals surface area contributed by atoms with Crippen LogP contribution >= 0.6 is 0 Å². The Morgan fingerprint density at radius 3 is 1.70 bits per heavy atom. The fraction of sp³-hybridized carbons (Fsp3) is 0.200. The van der Waals surface area contributed by atoms with Crippen LogP contribution in [0.25, 0.3) is 0 Å². The average Bonchev–Trinajstić information content (AvgIpc) is 3.61. The van der Waals surface area contributed by atoms with Gasteiger partial charge in [0, 0.05) is 5.92 Å². The summed E-state index contributed by atoms with van der Waals surface area (Å²) in [4.78, 5) is 0. The minimum absolute atomic E-state index is 0.336. The topological polar surface area (TPSA) is 0 Å². The van der Waals surface area contributed by atoms with Crippen LogP contribution in [-0.4, -0.2) is 0 Å². The standard InChI is InChI=1S/C30H26/c1-2-12-21(11-1)26-27(22-13-3-4-14-22)29(24-17-7-8-18-24)30(25-19-9-10-20-25)28(26)23-15-5-6-16-23/h1-5,7,9-11,13,15-19,28H,6,8,12,14,20H2. The zero-order valence-electron chi connectivity index (χ0n) is 17.3. The fourth-order valence-electron chi connectivity index (χ4n) is 5.62. The van der Waals surface area contributed by atoms with E-state index in [-0.39, 0.29) is 0 Å². The molecule has 0 heteroatoms. The molecule has 0 aromatic rings. The maximum Gasteiger partial charge on any atom is 0.0355 e. The molecule has 6 rings (SSSR count). The van der Waals surface area contributed by atoms with Crippen molar-refractivity contribution in [2.24, 2.45) is 5.92 Å². The molecule has 0 aromatic carbocycles. The lowest BCUT2D eigenvalue weighted by Crippen LogP contribution is -2.10. The van der Waals surface area contributed by atoms with E-state index in [0.29, 0.717) is 5.92 Å². The van der Waals surface area contributed by atoms with Gasteiger partial charge in [-0.3, -0.25) is 0 Å². The van der Waals surface area contributed by atoms with E-state index >= 15 is 0 Å². The van der Waals surface area contributed by atoms with Crippen molar-refractivity contribution >= 4 is 0 Å². The molecule has 0 heterocycles. The third-order valence-corrected chi connectivity index (χ3v) is 6.89. The molecule has 0 amide bonds. The highest BCUT2D eigenvalue weighted by atomic mass is 14.4. The van der Waals surface area contributed by atoms with Gasteiger partial charge in [-0.05, 0) is 82.3 Å². The van der Waals surface area contributed by atoms with E-state index in [2.05, 4.69) is 91.1 Å². The van der Waals surface area contributed by atoms with Crippen LogP contribution in [0.5, 0.6) is 0 Å². The molecule has 1 atom stereocenters. The van der Waals surface area contributed by atoms with E-state index in [4.69, 9.17) is 0 Å². The summed E-state index contributed by atoms with van der Waals surface area (Å²) in [5.41, 5.74) is 13.4. The van der Waals surface area contributed by atoms with E-state index < -0.39 is 0 Å². The predicted molar refractivity (Wildman–Crippen MR) is 127 cm³/mol. The van der Waals surface area contributed by atoms with Crippen molar-refractivity contribution in [2.45, 2.75) is 32.1 Å². The molecule has 146 valence electrons. The Balaban J connectivity index is 1.65. The fourth-order valence-corrected chi connectivity index (χ4v) is 5.62. The Bertz CT molecular complexity index is 1180. The first-order valence-corrected chi connectivity index (χ1v) is 11.2. The van der Waals surface area contributed by atoms with Gasteiger partial charge >= 0.3 is 0 Å². The van der Waals surface area contributed by atoms with Gasteiger partial charge in [0.2, 0.25) is 0 Å². The molecule has 30 heavy (non-hydrogen) atoms. The molecule has 0 fully saturated rings. The van der Waals surface area contributed by atoms with Gasteiger partial charge < -0.3 is 0 Å². The Labute approximate surface area is 179 Å². The first kappa shape index (κ1) is 17.7. The van der Waals surface area contributed by atoms with Gasteiger partial charge in [-0.2, -0.15) is 0 Å². The molecule has 0 saturated heterocycles. The molecule has 0 spiro atoms. The smallest absolute Gasteiger partial charge is 0.0355 e. The molecule has 0 bridgehead atoms. The molecule has 0 aliphatic heterocycles. The Morgan fingerprint density at radius 2 is 1.17 bits per heavy atom. The van der Waals surface area contributed by atoms with Crippen molar-refractivity contribution in [3.05, 3.63) is 141 Å². The molecular formula is C30H26. The summed E-state index contributed by atoms with van der Waals surface area (Å²) >= 11 is 0. The molecular weight excluding hydrogens is 360 g/mol. The van der Waals surface area contributed by atoms with E-state index in [1.54, 1.807) is 11.1 Å². The molecule has 6 aliphatic carbocycles. The average molecular weight is 387 g/mol. The van der Waals surface area contributed by atoms with E-state index in [1.165, 1.54) is 39.0 Å². The monoisotopic (exact) mass is 386 g/mol. The van der Waals surface area contributed by atoms with Gasteiger partial charge in [-0.25, -0.2) is 0 Å². The lowest BCUT2D eigenvalue weighted by Gasteiger charge is -2.23. The lowest BCUT2D eigenvalue weighted by molar-refractivity contribution is 0.872. The van der Waals surface area contributed by atoms with Crippen molar-refractivity contribution in [1.29, 1.82) is 0 Å². The van der Waals surface area contributed by atoms with Crippen molar-refractivity contribution in [3.63, 3.8) is 0 Å². The van der Waals surface area contributed by atoms with Crippen LogP contribution in [0.4, 0.5) is 0 Å². The minimum Gasteiger partial charge on any atom is -0.0804 e. The normalized spacial score (nSPS) is 26.4. The third kappa shape index (κ3) is 2.75. The SMILES string of the molecule is C1=CCC(C2=C(C3=CC=CC3)C(C3=CCC=C3)C(C3=CC=CC3)=C2C2=CCC=C2)=C1. The molecule has 0 N–H and O–H groups in total. The summed E-state index contributed by atoms with van der Waals surface area (Å²) in [6, 6.07) is 0. The van der Waals surface area contributed by atoms with Gasteiger partial charge in [0.05, 0.1) is 0 Å². The largest absolute Gasteiger partial charge is 0.0804 e. The number of hydrogen-bond acceptors (Lipinski definition) is 0. The van der Waals surface area contributed by atoms with Crippen molar-refractivity contribution in [3.8, 4) is 0 Å². The van der Waals surface area contributed by atoms with Crippen LogP contribution in [0, 0.1) is 5.92 Å². The first-order valence-electron chi connectivity index (χ1n) is 11.2. The highest BCUT2D eigenvalue weighted by Gasteiger charge is 2.40. The number of hydrogen-bond donors (Lipinski definition) is 0. The maximum atomic E-state index is 2.44. The van der Waals surface area contributed by atoms with Crippen LogP contribution in [0.15, 0.2) is 141 Å². The van der Waals surface area contributed by atoms with Crippen molar-refractivity contribution in [1.82, 2.24) is 0 Å². The van der Waals surface area contributed by atoms with Crippen LogP contribution in [0.2, 0.25) is 0 Å². The van der Waals surface area contributed by atoms with E-state index in [0.717, 1.165) is 32.1 Å². The van der Waals surface area contributed by atoms with Gasteiger partial charge in [0.25, 0.3) is 0 Å². The maximum absolute atomic E-state index is 2.44. The summed E-state index contributed by atoms with van der Waals surface area (Å²) < 4.78 is 0. The Hall–Kier alpha value is -3.12. The highest BCUT2D eigenvalue weighted by Crippen LogP contribution is 2.55. The van der Waals surface area contributed by atoms with Gasteiger partial charge in [-0.15, -0.1) is 0 Å². The summed E-state index contributed by atoms with van der Waals surface area (Å²) in [5, 5.41) is 0. The minimum atomic E-state index is 0.336. The lowest BCUT2D eigenvalue weighted by atomic mass is 9.80.